The molecule has 3 heteroatoms. The van der Waals surface area contributed by atoms with Gasteiger partial charge in [-0.1, -0.05) is 5.76 Å². The maximum Gasteiger partial charge on any atom is 0.105 e. The Morgan fingerprint density at radius 2 is 2.56 bits per heavy atom. The van der Waals surface area contributed by atoms with Crippen LogP contribution in [0.25, 0.3) is 0 Å². The predicted octanol–water partition coefficient (Wildman–Crippen LogP) is -2.53. The molecule has 3 nitrogen and oxygen atoms in total. The first-order valence-corrected chi connectivity index (χ1v) is 3.16. The number of aliphatic hydroxyl groups is 1. The molecule has 1 aliphatic heterocycles. The van der Waals surface area contributed by atoms with Gasteiger partial charge in [-0.05, 0) is 0 Å². The van der Waals surface area contributed by atoms with Gasteiger partial charge in [0.1, 0.15) is 6.54 Å². The molecule has 0 aromatic rings. The molecular weight excluding hydrogens is 118 g/mol. The molecule has 0 bridgehead atoms. The van der Waals surface area contributed by atoms with Crippen LogP contribution in [0.1, 0.15) is 6.42 Å². The molecule has 0 radical (unpaired) electrons. The molecular formula is C6H11NO2. The van der Waals surface area contributed by atoms with E-state index < -0.39 is 0 Å². The van der Waals surface area contributed by atoms with Crippen molar-refractivity contribution in [1.82, 2.24) is 0 Å². The van der Waals surface area contributed by atoms with Crippen LogP contribution in [0.15, 0.2) is 12.0 Å². The summed E-state index contributed by atoms with van der Waals surface area (Å²) in [6.45, 7) is 1.70. The van der Waals surface area contributed by atoms with Gasteiger partial charge in [0.25, 0.3) is 0 Å². The van der Waals surface area contributed by atoms with Crippen molar-refractivity contribution in [2.45, 2.75) is 6.42 Å². The average molecular weight is 129 g/mol. The molecule has 9 heavy (non-hydrogen) atoms. The van der Waals surface area contributed by atoms with E-state index in [0.717, 1.165) is 11.4 Å². The largest absolute Gasteiger partial charge is 0.872 e. The zero-order chi connectivity index (χ0) is 6.69. The van der Waals surface area contributed by atoms with Gasteiger partial charge in [-0.2, -0.15) is 0 Å². The molecule has 1 unspecified atom stereocenters. The maximum atomic E-state index is 10.6. The zero-order valence-electron chi connectivity index (χ0n) is 5.26. The third-order valence-corrected chi connectivity index (χ3v) is 1.49. The molecule has 2 N–H and O–H groups in total. The molecule has 0 saturated heterocycles. The summed E-state index contributed by atoms with van der Waals surface area (Å²) in [4.78, 5) is 1.10. The van der Waals surface area contributed by atoms with Gasteiger partial charge >= 0.3 is 0 Å². The fraction of sp³-hybridized carbons (Fsp3) is 0.667. The number of aliphatic hydroxyl groups excluding tert-OH is 1. The number of rotatable bonds is 2. The van der Waals surface area contributed by atoms with Crippen LogP contribution >= 0.6 is 0 Å². The van der Waals surface area contributed by atoms with Crippen LogP contribution in [0.2, 0.25) is 0 Å². The van der Waals surface area contributed by atoms with E-state index in [1.165, 1.54) is 0 Å². The highest BCUT2D eigenvalue weighted by Crippen LogP contribution is 1.89. The molecule has 1 heterocycles. The minimum atomic E-state index is 0.166. The summed E-state index contributed by atoms with van der Waals surface area (Å²) < 4.78 is 0. The molecule has 1 atom stereocenters. The molecule has 0 fully saturated rings. The minimum Gasteiger partial charge on any atom is -0.872 e. The average Bonchev–Trinajstić information content (AvgIpc) is 2.17. The van der Waals surface area contributed by atoms with E-state index in [1.54, 1.807) is 6.20 Å². The van der Waals surface area contributed by atoms with Gasteiger partial charge < -0.3 is 15.1 Å². The lowest BCUT2D eigenvalue weighted by atomic mass is 10.4. The van der Waals surface area contributed by atoms with Crippen molar-refractivity contribution in [2.24, 2.45) is 0 Å². The van der Waals surface area contributed by atoms with E-state index in [-0.39, 0.29) is 12.4 Å². The van der Waals surface area contributed by atoms with E-state index >= 15 is 0 Å². The summed E-state index contributed by atoms with van der Waals surface area (Å²) in [6.07, 6.45) is 2.30. The van der Waals surface area contributed by atoms with Crippen LogP contribution in [-0.2, 0) is 0 Å². The Bertz CT molecular complexity index is 122. The van der Waals surface area contributed by atoms with Crippen LogP contribution in [0, 0.1) is 0 Å². The molecule has 0 aromatic carbocycles. The quantitative estimate of drug-likeness (QED) is 0.432. The van der Waals surface area contributed by atoms with Crippen molar-refractivity contribution in [3.05, 3.63) is 12.0 Å². The second kappa shape index (κ2) is 2.85. The number of hydrogen-bond acceptors (Lipinski definition) is 2. The van der Waals surface area contributed by atoms with Crippen LogP contribution in [0.3, 0.4) is 0 Å². The number of quaternary nitrogens is 1. The first-order chi connectivity index (χ1) is 4.33. The molecule has 0 saturated carbocycles. The summed E-state index contributed by atoms with van der Waals surface area (Å²) in [5.41, 5.74) is 0. The van der Waals surface area contributed by atoms with Crippen molar-refractivity contribution in [3.63, 3.8) is 0 Å². The van der Waals surface area contributed by atoms with E-state index in [2.05, 4.69) is 0 Å². The summed E-state index contributed by atoms with van der Waals surface area (Å²) in [5.74, 6) is 0.207. The second-order valence-corrected chi connectivity index (χ2v) is 2.24. The Balaban J connectivity index is 2.29. The van der Waals surface area contributed by atoms with Crippen LogP contribution in [0.4, 0.5) is 0 Å². The highest BCUT2D eigenvalue weighted by Gasteiger charge is 2.09. The summed E-state index contributed by atoms with van der Waals surface area (Å²) in [5, 5.41) is 19.0. The molecule has 1 aliphatic rings. The van der Waals surface area contributed by atoms with E-state index in [9.17, 15) is 5.11 Å². The monoisotopic (exact) mass is 129 g/mol. The highest BCUT2D eigenvalue weighted by molar-refractivity contribution is 4.85. The fourth-order valence-electron chi connectivity index (χ4n) is 0.997. The molecule has 0 aliphatic carbocycles. The van der Waals surface area contributed by atoms with Crippen LogP contribution < -0.4 is 10.0 Å². The van der Waals surface area contributed by atoms with Gasteiger partial charge in [0, 0.05) is 6.42 Å². The Kier molecular flexibility index (Phi) is 2.08. The lowest BCUT2D eigenvalue weighted by Gasteiger charge is -2.05. The van der Waals surface area contributed by atoms with Crippen molar-refractivity contribution in [2.75, 3.05) is 19.7 Å². The second-order valence-electron chi connectivity index (χ2n) is 2.24. The third kappa shape index (κ3) is 1.69. The molecule has 0 aromatic heterocycles. The standard InChI is InChI=1S/C6H11NO2/c8-4-3-7-2-1-6(9)5-7/h5,8-9H,1-4H2. The van der Waals surface area contributed by atoms with Gasteiger partial charge in [-0.3, -0.25) is 0 Å². The Hall–Kier alpha value is -0.540. The van der Waals surface area contributed by atoms with Crippen LogP contribution in [-0.4, -0.2) is 24.8 Å². The number of nitrogens with one attached hydrogen (secondary N) is 1. The SMILES string of the molecule is [O-]C1=C[NH+](CCO)CC1. The van der Waals surface area contributed by atoms with Gasteiger partial charge in [0.15, 0.2) is 0 Å². The summed E-state index contributed by atoms with van der Waals surface area (Å²) >= 11 is 0. The van der Waals surface area contributed by atoms with Gasteiger partial charge in [-0.25, -0.2) is 0 Å². The first-order valence-electron chi connectivity index (χ1n) is 3.16. The normalized spacial score (nSPS) is 26.3. The fourth-order valence-corrected chi connectivity index (χ4v) is 0.997. The smallest absolute Gasteiger partial charge is 0.105 e. The Morgan fingerprint density at radius 3 is 3.00 bits per heavy atom. The highest BCUT2D eigenvalue weighted by atomic mass is 16.3. The van der Waals surface area contributed by atoms with Gasteiger partial charge in [0.2, 0.25) is 0 Å². The molecule has 52 valence electrons. The van der Waals surface area contributed by atoms with Gasteiger partial charge in [-0.15, -0.1) is 0 Å². The summed E-state index contributed by atoms with van der Waals surface area (Å²) in [6, 6.07) is 0. The molecule has 0 spiro atoms. The van der Waals surface area contributed by atoms with Crippen LogP contribution in [0.5, 0.6) is 0 Å². The van der Waals surface area contributed by atoms with Gasteiger partial charge in [0.05, 0.1) is 19.4 Å². The minimum absolute atomic E-state index is 0.166. The first kappa shape index (κ1) is 6.58. The molecule has 0 amide bonds. The van der Waals surface area contributed by atoms with E-state index in [0.29, 0.717) is 13.0 Å². The van der Waals surface area contributed by atoms with Crippen molar-refractivity contribution in [3.8, 4) is 0 Å². The Labute approximate surface area is 54.2 Å². The maximum absolute atomic E-state index is 10.6. The lowest BCUT2D eigenvalue weighted by molar-refractivity contribution is -0.841. The third-order valence-electron chi connectivity index (χ3n) is 1.49. The summed E-state index contributed by atoms with van der Waals surface area (Å²) in [7, 11) is 0. The zero-order valence-corrected chi connectivity index (χ0v) is 5.26. The molecule has 1 rings (SSSR count). The predicted molar refractivity (Wildman–Crippen MR) is 30.5 cm³/mol. The van der Waals surface area contributed by atoms with Crippen molar-refractivity contribution >= 4 is 0 Å². The van der Waals surface area contributed by atoms with Crippen molar-refractivity contribution in [1.29, 1.82) is 0 Å². The van der Waals surface area contributed by atoms with E-state index in [4.69, 9.17) is 5.11 Å². The topological polar surface area (TPSA) is 47.7 Å². The number of hydrogen-bond donors (Lipinski definition) is 2. The Morgan fingerprint density at radius 1 is 1.78 bits per heavy atom. The van der Waals surface area contributed by atoms with Crippen molar-refractivity contribution < 1.29 is 15.1 Å². The van der Waals surface area contributed by atoms with E-state index in [1.807, 2.05) is 0 Å². The lowest BCUT2D eigenvalue weighted by Crippen LogP contribution is -3.06.